The molecule has 0 heterocycles. The van der Waals surface area contributed by atoms with Gasteiger partial charge in [-0.05, 0) is 46.0 Å². The summed E-state index contributed by atoms with van der Waals surface area (Å²) in [6, 6.07) is 20.7. The molecule has 0 unspecified atom stereocenters. The van der Waals surface area contributed by atoms with Crippen molar-refractivity contribution in [2.75, 3.05) is 7.11 Å². The quantitative estimate of drug-likeness (QED) is 0.117. The molecule has 0 bridgehead atoms. The van der Waals surface area contributed by atoms with E-state index in [9.17, 15) is 9.90 Å². The molecule has 2 aromatic rings. The number of aliphatic hydroxyl groups is 1. The molecule has 0 aliphatic rings. The summed E-state index contributed by atoms with van der Waals surface area (Å²) in [6.45, 7) is 30.5. The van der Waals surface area contributed by atoms with Crippen LogP contribution in [0.5, 0.6) is 0 Å². The van der Waals surface area contributed by atoms with Gasteiger partial charge < -0.3 is 18.7 Å². The number of hydrogen-bond donors (Lipinski definition) is 1. The van der Waals surface area contributed by atoms with Crippen molar-refractivity contribution in [3.63, 3.8) is 0 Å². The molecule has 46 heavy (non-hydrogen) atoms. The van der Waals surface area contributed by atoms with E-state index in [2.05, 4.69) is 112 Å². The van der Waals surface area contributed by atoms with Gasteiger partial charge in [0.25, 0.3) is 8.32 Å². The van der Waals surface area contributed by atoms with Crippen molar-refractivity contribution in [2.24, 2.45) is 11.3 Å². The number of esters is 1. The number of aliphatic hydroxyl groups excluding tert-OH is 1. The lowest BCUT2D eigenvalue weighted by Crippen LogP contribution is -2.68. The fraction of sp³-hybridized carbons (Fsp3) is 0.564. The molecule has 2 aromatic carbocycles. The van der Waals surface area contributed by atoms with Crippen molar-refractivity contribution in [1.29, 1.82) is 0 Å². The highest BCUT2D eigenvalue weighted by Crippen LogP contribution is 2.42. The molecule has 0 aromatic heterocycles. The van der Waals surface area contributed by atoms with Crippen LogP contribution in [0.1, 0.15) is 82.1 Å². The molecule has 0 saturated heterocycles. The lowest BCUT2D eigenvalue weighted by Gasteiger charge is -2.45. The number of ether oxygens (including phenoxy) is 1. The van der Waals surface area contributed by atoms with Gasteiger partial charge in [-0.2, -0.15) is 0 Å². The highest BCUT2D eigenvalue weighted by Gasteiger charge is 2.52. The summed E-state index contributed by atoms with van der Waals surface area (Å²) in [5.74, 6) is -0.353. The van der Waals surface area contributed by atoms with E-state index in [1.165, 1.54) is 7.11 Å². The summed E-state index contributed by atoms with van der Waals surface area (Å²) in [7, 11) is -3.68. The first-order chi connectivity index (χ1) is 21.1. The standard InChI is InChI=1S/C39H62O5Si2/c1-15-39(10,11)36(44-45(13,14)37(4,5)6)30(3)26-29(2)34(40)27-31(28-35(41)42-12)43-46(38(7,8)9,32-22-18-16-19-23-32)33-24-20-17-21-25-33/h15-26,30-31,34,36,40H,1,27-28H2,2-14H3/b29-26+/t30-,31-,34-,36-/m0/s1. The van der Waals surface area contributed by atoms with E-state index in [0.717, 1.165) is 15.9 Å². The maximum atomic E-state index is 12.8. The van der Waals surface area contributed by atoms with Crippen LogP contribution < -0.4 is 10.4 Å². The molecule has 0 aliphatic heterocycles. The number of benzene rings is 2. The molecule has 1 N–H and O–H groups in total. The Morgan fingerprint density at radius 1 is 0.870 bits per heavy atom. The minimum atomic E-state index is -2.98. The van der Waals surface area contributed by atoms with Crippen molar-refractivity contribution >= 4 is 33.0 Å². The van der Waals surface area contributed by atoms with Crippen LogP contribution >= 0.6 is 0 Å². The van der Waals surface area contributed by atoms with Crippen LogP contribution in [0.2, 0.25) is 23.2 Å². The second-order valence-electron chi connectivity index (χ2n) is 16.0. The molecule has 256 valence electrons. The van der Waals surface area contributed by atoms with Gasteiger partial charge in [0, 0.05) is 17.8 Å². The topological polar surface area (TPSA) is 65.0 Å². The predicted octanol–water partition coefficient (Wildman–Crippen LogP) is 8.43. The average Bonchev–Trinajstić information content (AvgIpc) is 2.97. The van der Waals surface area contributed by atoms with Crippen LogP contribution in [0.4, 0.5) is 0 Å². The Labute approximate surface area is 282 Å². The molecule has 0 amide bonds. The van der Waals surface area contributed by atoms with Crippen molar-refractivity contribution < 1.29 is 23.5 Å². The van der Waals surface area contributed by atoms with Gasteiger partial charge in [-0.1, -0.05) is 135 Å². The van der Waals surface area contributed by atoms with Gasteiger partial charge in [0.2, 0.25) is 0 Å². The Hall–Kier alpha value is -2.30. The Kier molecular flexibility index (Phi) is 13.6. The third-order valence-electron chi connectivity index (χ3n) is 9.88. The van der Waals surface area contributed by atoms with Gasteiger partial charge in [0.15, 0.2) is 8.32 Å². The van der Waals surface area contributed by atoms with Crippen molar-refractivity contribution in [3.8, 4) is 0 Å². The zero-order valence-electron chi connectivity index (χ0n) is 30.9. The zero-order valence-corrected chi connectivity index (χ0v) is 32.9. The van der Waals surface area contributed by atoms with Gasteiger partial charge >= 0.3 is 5.97 Å². The number of hydrogen-bond acceptors (Lipinski definition) is 5. The minimum Gasteiger partial charge on any atom is -0.469 e. The summed E-state index contributed by atoms with van der Waals surface area (Å²) in [5, 5.41) is 13.7. The van der Waals surface area contributed by atoms with Gasteiger partial charge in [0.1, 0.15) is 0 Å². The molecule has 0 fully saturated rings. The molecule has 0 spiro atoms. The van der Waals surface area contributed by atoms with Crippen LogP contribution in [-0.2, 0) is 18.4 Å². The second kappa shape index (κ2) is 15.7. The fourth-order valence-electron chi connectivity index (χ4n) is 5.98. The number of carbonyl (C=O) groups is 1. The van der Waals surface area contributed by atoms with Crippen molar-refractivity contribution in [1.82, 2.24) is 0 Å². The Balaban J connectivity index is 2.56. The first kappa shape index (κ1) is 39.9. The van der Waals surface area contributed by atoms with Crippen LogP contribution in [0.3, 0.4) is 0 Å². The fourth-order valence-corrected chi connectivity index (χ4v) is 12.2. The summed E-state index contributed by atoms with van der Waals surface area (Å²) in [5.41, 5.74) is 0.549. The van der Waals surface area contributed by atoms with Crippen LogP contribution in [0.25, 0.3) is 0 Å². The van der Waals surface area contributed by atoms with Gasteiger partial charge in [-0.3, -0.25) is 4.79 Å². The van der Waals surface area contributed by atoms with Crippen molar-refractivity contribution in [2.45, 2.75) is 124 Å². The van der Waals surface area contributed by atoms with E-state index in [4.69, 9.17) is 13.6 Å². The van der Waals surface area contributed by atoms with E-state index < -0.39 is 28.8 Å². The van der Waals surface area contributed by atoms with Gasteiger partial charge in [-0.15, -0.1) is 6.58 Å². The third kappa shape index (κ3) is 9.63. The summed E-state index contributed by atoms with van der Waals surface area (Å²) in [6.07, 6.45) is 2.89. The van der Waals surface area contributed by atoms with Crippen LogP contribution in [0.15, 0.2) is 85.0 Å². The first-order valence-electron chi connectivity index (χ1n) is 16.7. The molecule has 4 atom stereocenters. The van der Waals surface area contributed by atoms with E-state index in [0.29, 0.717) is 0 Å². The largest absolute Gasteiger partial charge is 0.469 e. The Bertz CT molecular complexity index is 1250. The second-order valence-corrected chi connectivity index (χ2v) is 25.0. The molecular weight excluding hydrogens is 605 g/mol. The first-order valence-corrected chi connectivity index (χ1v) is 21.5. The zero-order chi connectivity index (χ0) is 35.1. The molecule has 5 nitrogen and oxygen atoms in total. The Morgan fingerprint density at radius 3 is 1.74 bits per heavy atom. The number of rotatable bonds is 15. The monoisotopic (exact) mass is 666 g/mol. The van der Waals surface area contributed by atoms with E-state index in [1.54, 1.807) is 0 Å². The van der Waals surface area contributed by atoms with Gasteiger partial charge in [0.05, 0.1) is 31.8 Å². The van der Waals surface area contributed by atoms with E-state index >= 15 is 0 Å². The minimum absolute atomic E-state index is 0.00780. The highest BCUT2D eigenvalue weighted by molar-refractivity contribution is 6.99. The normalized spacial score (nSPS) is 16.3. The van der Waals surface area contributed by atoms with E-state index in [-0.39, 0.29) is 46.3 Å². The smallest absolute Gasteiger partial charge is 0.308 e. The Morgan fingerprint density at radius 2 is 1.35 bits per heavy atom. The van der Waals surface area contributed by atoms with Crippen molar-refractivity contribution in [3.05, 3.63) is 85.0 Å². The van der Waals surface area contributed by atoms with Crippen LogP contribution in [0, 0.1) is 11.3 Å². The number of methoxy groups -OCH3 is 1. The van der Waals surface area contributed by atoms with Crippen LogP contribution in [-0.4, -0.2) is 53.1 Å². The lowest BCUT2D eigenvalue weighted by molar-refractivity contribution is -0.142. The molecule has 0 radical (unpaired) electrons. The predicted molar refractivity (Wildman–Crippen MR) is 199 cm³/mol. The third-order valence-corrected chi connectivity index (χ3v) is 19.4. The summed E-state index contributed by atoms with van der Waals surface area (Å²) in [4.78, 5) is 12.8. The molecular formula is C39H62O5Si2. The lowest BCUT2D eigenvalue weighted by atomic mass is 9.79. The molecule has 7 heteroatoms. The maximum Gasteiger partial charge on any atom is 0.308 e. The van der Waals surface area contributed by atoms with Gasteiger partial charge in [-0.25, -0.2) is 0 Å². The molecule has 2 rings (SSSR count). The summed E-state index contributed by atoms with van der Waals surface area (Å²) < 4.78 is 19.5. The summed E-state index contributed by atoms with van der Waals surface area (Å²) >= 11 is 0. The number of carbonyl (C=O) groups excluding carboxylic acids is 1. The SMILES string of the molecule is C=CC(C)(C)[C@@H](O[Si](C)(C)C(C)(C)C)[C@@H](C)/C=C(\C)[C@@H](O)C[C@@H](CC(=O)OC)O[Si](c1ccccc1)(c1ccccc1)C(C)(C)C. The average molecular weight is 667 g/mol. The highest BCUT2D eigenvalue weighted by atomic mass is 28.4. The van der Waals surface area contributed by atoms with E-state index in [1.807, 2.05) is 49.4 Å². The molecule has 0 saturated carbocycles. The molecule has 0 aliphatic carbocycles. The maximum absolute atomic E-state index is 12.8.